The van der Waals surface area contributed by atoms with Crippen molar-refractivity contribution in [2.75, 3.05) is 6.61 Å². The van der Waals surface area contributed by atoms with Crippen molar-refractivity contribution in [3.63, 3.8) is 0 Å². The second kappa shape index (κ2) is 5.66. The molecule has 1 fully saturated rings. The molecule has 2 nitrogen and oxygen atoms in total. The van der Waals surface area contributed by atoms with E-state index < -0.39 is 0 Å². The molecule has 0 saturated carbocycles. The maximum Gasteiger partial charge on any atom is 0.180 e. The van der Waals surface area contributed by atoms with E-state index in [0.29, 0.717) is 11.8 Å². The molecule has 2 unspecified atom stereocenters. The molecule has 1 heterocycles. The van der Waals surface area contributed by atoms with Crippen LogP contribution in [0, 0.1) is 11.8 Å². The molecule has 0 spiro atoms. The quantitative estimate of drug-likeness (QED) is 0.665. The van der Waals surface area contributed by atoms with E-state index in [1.54, 1.807) is 0 Å². The number of ether oxygens (including phenoxy) is 2. The zero-order chi connectivity index (χ0) is 11.4. The third kappa shape index (κ3) is 3.96. The first-order chi connectivity index (χ1) is 7.00. The SMILES string of the molecule is CC(C)CC=C(C(C)C)C1OCC(C)O1. The standard InChI is InChI=1S/C13H24O2/c1-9(2)6-7-12(10(3)4)13-14-8-11(5)15-13/h7,9-11,13H,6,8H2,1-5H3. The Morgan fingerprint density at radius 2 is 2.00 bits per heavy atom. The summed E-state index contributed by atoms with van der Waals surface area (Å²) in [4.78, 5) is 0. The second-order valence-electron chi connectivity index (χ2n) is 5.10. The lowest BCUT2D eigenvalue weighted by atomic mass is 9.99. The summed E-state index contributed by atoms with van der Waals surface area (Å²) in [6, 6.07) is 0. The van der Waals surface area contributed by atoms with E-state index in [-0.39, 0.29) is 12.4 Å². The van der Waals surface area contributed by atoms with Gasteiger partial charge in [0.1, 0.15) is 0 Å². The van der Waals surface area contributed by atoms with E-state index in [2.05, 4.69) is 40.7 Å². The van der Waals surface area contributed by atoms with E-state index >= 15 is 0 Å². The van der Waals surface area contributed by atoms with Gasteiger partial charge in [0.25, 0.3) is 0 Å². The van der Waals surface area contributed by atoms with E-state index in [9.17, 15) is 0 Å². The maximum atomic E-state index is 5.73. The summed E-state index contributed by atoms with van der Waals surface area (Å²) in [5.41, 5.74) is 1.30. The van der Waals surface area contributed by atoms with Crippen LogP contribution in [0.3, 0.4) is 0 Å². The third-order valence-electron chi connectivity index (χ3n) is 2.60. The Morgan fingerprint density at radius 3 is 2.40 bits per heavy atom. The van der Waals surface area contributed by atoms with Gasteiger partial charge in [0.15, 0.2) is 6.29 Å². The van der Waals surface area contributed by atoms with Crippen LogP contribution in [-0.2, 0) is 9.47 Å². The van der Waals surface area contributed by atoms with Crippen LogP contribution < -0.4 is 0 Å². The molecule has 0 aromatic heterocycles. The summed E-state index contributed by atoms with van der Waals surface area (Å²) in [7, 11) is 0. The Bertz CT molecular complexity index is 219. The minimum absolute atomic E-state index is 0.0984. The molecule has 2 heteroatoms. The first-order valence-corrected chi connectivity index (χ1v) is 5.97. The molecule has 15 heavy (non-hydrogen) atoms. The van der Waals surface area contributed by atoms with Crippen molar-refractivity contribution >= 4 is 0 Å². The Labute approximate surface area is 93.7 Å². The van der Waals surface area contributed by atoms with Crippen molar-refractivity contribution in [3.8, 4) is 0 Å². The Balaban J connectivity index is 2.61. The number of allylic oxidation sites excluding steroid dienone is 1. The molecule has 2 atom stereocenters. The summed E-state index contributed by atoms with van der Waals surface area (Å²) in [5.74, 6) is 1.19. The van der Waals surface area contributed by atoms with E-state index in [1.165, 1.54) is 5.57 Å². The van der Waals surface area contributed by atoms with Gasteiger partial charge < -0.3 is 9.47 Å². The average molecular weight is 212 g/mol. The largest absolute Gasteiger partial charge is 0.346 e. The van der Waals surface area contributed by atoms with Gasteiger partial charge in [0, 0.05) is 0 Å². The van der Waals surface area contributed by atoms with E-state index in [0.717, 1.165) is 13.0 Å². The molecule has 1 saturated heterocycles. The lowest BCUT2D eigenvalue weighted by molar-refractivity contribution is -0.0308. The van der Waals surface area contributed by atoms with Gasteiger partial charge in [-0.05, 0) is 30.8 Å². The molecule has 0 bridgehead atoms. The van der Waals surface area contributed by atoms with Crippen molar-refractivity contribution in [1.82, 2.24) is 0 Å². The van der Waals surface area contributed by atoms with Crippen LogP contribution in [0.25, 0.3) is 0 Å². The topological polar surface area (TPSA) is 18.5 Å². The summed E-state index contributed by atoms with van der Waals surface area (Å²) in [6.45, 7) is 11.6. The van der Waals surface area contributed by atoms with E-state index in [1.807, 2.05) is 0 Å². The smallest absolute Gasteiger partial charge is 0.180 e. The highest BCUT2D eigenvalue weighted by Gasteiger charge is 2.27. The van der Waals surface area contributed by atoms with Crippen LogP contribution in [0.5, 0.6) is 0 Å². The van der Waals surface area contributed by atoms with Crippen molar-refractivity contribution in [3.05, 3.63) is 11.6 Å². The molecule has 0 aromatic carbocycles. The van der Waals surface area contributed by atoms with Gasteiger partial charge >= 0.3 is 0 Å². The number of rotatable bonds is 4. The first-order valence-electron chi connectivity index (χ1n) is 5.97. The molecule has 1 rings (SSSR count). The summed E-state index contributed by atoms with van der Waals surface area (Å²) in [6.07, 6.45) is 3.53. The minimum Gasteiger partial charge on any atom is -0.346 e. The summed E-state index contributed by atoms with van der Waals surface area (Å²) >= 11 is 0. The Morgan fingerprint density at radius 1 is 1.33 bits per heavy atom. The summed E-state index contributed by atoms with van der Waals surface area (Å²) < 4.78 is 11.4. The highest BCUT2D eigenvalue weighted by molar-refractivity contribution is 5.09. The van der Waals surface area contributed by atoms with Gasteiger partial charge in [-0.1, -0.05) is 33.8 Å². The van der Waals surface area contributed by atoms with Gasteiger partial charge in [0.2, 0.25) is 0 Å². The fourth-order valence-electron chi connectivity index (χ4n) is 1.66. The van der Waals surface area contributed by atoms with Crippen LogP contribution in [0.1, 0.15) is 41.0 Å². The molecule has 1 aliphatic rings. The number of hydrogen-bond donors (Lipinski definition) is 0. The molecule has 0 N–H and O–H groups in total. The predicted molar refractivity (Wildman–Crippen MR) is 62.7 cm³/mol. The van der Waals surface area contributed by atoms with E-state index in [4.69, 9.17) is 9.47 Å². The molecule has 0 radical (unpaired) electrons. The van der Waals surface area contributed by atoms with Crippen LogP contribution in [0.2, 0.25) is 0 Å². The lowest BCUT2D eigenvalue weighted by Crippen LogP contribution is -2.17. The monoisotopic (exact) mass is 212 g/mol. The van der Waals surface area contributed by atoms with Crippen LogP contribution >= 0.6 is 0 Å². The molecule has 0 aromatic rings. The van der Waals surface area contributed by atoms with Crippen molar-refractivity contribution < 1.29 is 9.47 Å². The van der Waals surface area contributed by atoms with Gasteiger partial charge in [-0.2, -0.15) is 0 Å². The third-order valence-corrected chi connectivity index (χ3v) is 2.60. The lowest BCUT2D eigenvalue weighted by Gasteiger charge is -2.18. The van der Waals surface area contributed by atoms with Crippen LogP contribution in [0.15, 0.2) is 11.6 Å². The Kier molecular flexibility index (Phi) is 4.81. The Hall–Kier alpha value is -0.340. The van der Waals surface area contributed by atoms with Crippen LogP contribution in [-0.4, -0.2) is 19.0 Å². The fraction of sp³-hybridized carbons (Fsp3) is 0.846. The zero-order valence-electron chi connectivity index (χ0n) is 10.6. The van der Waals surface area contributed by atoms with Gasteiger partial charge in [0.05, 0.1) is 12.7 Å². The number of hydrogen-bond acceptors (Lipinski definition) is 2. The first kappa shape index (κ1) is 12.7. The maximum absolute atomic E-state index is 5.73. The van der Waals surface area contributed by atoms with Crippen molar-refractivity contribution in [2.24, 2.45) is 11.8 Å². The van der Waals surface area contributed by atoms with Crippen molar-refractivity contribution in [1.29, 1.82) is 0 Å². The molecule has 1 aliphatic heterocycles. The highest BCUT2D eigenvalue weighted by atomic mass is 16.7. The van der Waals surface area contributed by atoms with Crippen molar-refractivity contribution in [2.45, 2.75) is 53.4 Å². The second-order valence-corrected chi connectivity index (χ2v) is 5.10. The van der Waals surface area contributed by atoms with Crippen LogP contribution in [0.4, 0.5) is 0 Å². The molecular weight excluding hydrogens is 188 g/mol. The molecule has 88 valence electrons. The van der Waals surface area contributed by atoms with Gasteiger partial charge in [-0.15, -0.1) is 0 Å². The molecule has 0 amide bonds. The van der Waals surface area contributed by atoms with Gasteiger partial charge in [-0.3, -0.25) is 0 Å². The average Bonchev–Trinajstić information content (AvgIpc) is 2.51. The minimum atomic E-state index is -0.0984. The zero-order valence-corrected chi connectivity index (χ0v) is 10.6. The van der Waals surface area contributed by atoms with Gasteiger partial charge in [-0.25, -0.2) is 0 Å². The predicted octanol–water partition coefficient (Wildman–Crippen LogP) is 3.38. The molecular formula is C13H24O2. The highest BCUT2D eigenvalue weighted by Crippen LogP contribution is 2.25. The summed E-state index contributed by atoms with van der Waals surface area (Å²) in [5, 5.41) is 0. The fourth-order valence-corrected chi connectivity index (χ4v) is 1.66. The normalized spacial score (nSPS) is 28.1. The molecule has 0 aliphatic carbocycles.